The molecular formula is C8H17NO3S. The highest BCUT2D eigenvalue weighted by Gasteiger charge is 2.18. The number of sulfonamides is 1. The molecule has 0 aromatic carbocycles. The van der Waals surface area contributed by atoms with E-state index in [1.54, 1.807) is 0 Å². The predicted molar refractivity (Wildman–Crippen MR) is 51.0 cm³/mol. The van der Waals surface area contributed by atoms with Crippen molar-refractivity contribution in [1.29, 1.82) is 0 Å². The highest BCUT2D eigenvalue weighted by molar-refractivity contribution is 7.89. The largest absolute Gasteiger partial charge is 0.381 e. The van der Waals surface area contributed by atoms with Crippen LogP contribution in [0.5, 0.6) is 0 Å². The van der Waals surface area contributed by atoms with Gasteiger partial charge in [0.15, 0.2) is 0 Å². The van der Waals surface area contributed by atoms with E-state index in [4.69, 9.17) is 4.74 Å². The molecule has 0 aromatic rings. The molecule has 1 aliphatic rings. The Morgan fingerprint density at radius 3 is 2.85 bits per heavy atom. The standard InChI is InChI=1S/C8H17NO3S/c1-2-5-13(10,11)9-6-8-3-4-12-7-8/h8-9H,2-7H2,1H3. The first-order chi connectivity index (χ1) is 6.14. The monoisotopic (exact) mass is 207 g/mol. The van der Waals surface area contributed by atoms with Crippen LogP contribution in [0.15, 0.2) is 0 Å². The van der Waals surface area contributed by atoms with Gasteiger partial charge in [-0.15, -0.1) is 0 Å². The van der Waals surface area contributed by atoms with Gasteiger partial charge in [-0.2, -0.15) is 0 Å². The van der Waals surface area contributed by atoms with Crippen LogP contribution in [0.3, 0.4) is 0 Å². The fourth-order valence-electron chi connectivity index (χ4n) is 1.33. The molecule has 1 saturated heterocycles. The fourth-order valence-corrected chi connectivity index (χ4v) is 2.50. The second kappa shape index (κ2) is 4.93. The zero-order chi connectivity index (χ0) is 9.73. The summed E-state index contributed by atoms with van der Waals surface area (Å²) < 4.78 is 30.2. The van der Waals surface area contributed by atoms with Crippen LogP contribution in [-0.4, -0.2) is 33.9 Å². The van der Waals surface area contributed by atoms with Gasteiger partial charge in [0.25, 0.3) is 0 Å². The number of rotatable bonds is 5. The summed E-state index contributed by atoms with van der Waals surface area (Å²) in [5, 5.41) is 0. The molecule has 1 aliphatic heterocycles. The molecule has 0 saturated carbocycles. The van der Waals surface area contributed by atoms with E-state index >= 15 is 0 Å². The lowest BCUT2D eigenvalue weighted by Gasteiger charge is -2.09. The SMILES string of the molecule is CCCS(=O)(=O)NCC1CCOC1. The van der Waals surface area contributed by atoms with Gasteiger partial charge in [0.05, 0.1) is 12.4 Å². The van der Waals surface area contributed by atoms with Crippen molar-refractivity contribution in [3.63, 3.8) is 0 Å². The Hall–Kier alpha value is -0.130. The van der Waals surface area contributed by atoms with Gasteiger partial charge >= 0.3 is 0 Å². The summed E-state index contributed by atoms with van der Waals surface area (Å²) in [6, 6.07) is 0. The molecule has 1 atom stereocenters. The highest BCUT2D eigenvalue weighted by Crippen LogP contribution is 2.10. The number of ether oxygens (including phenoxy) is 1. The maximum atomic E-state index is 11.2. The van der Waals surface area contributed by atoms with Crippen LogP contribution in [0.4, 0.5) is 0 Å². The summed E-state index contributed by atoms with van der Waals surface area (Å²) in [5.41, 5.74) is 0. The molecule has 1 N–H and O–H groups in total. The molecule has 1 fully saturated rings. The molecule has 13 heavy (non-hydrogen) atoms. The van der Waals surface area contributed by atoms with Crippen molar-refractivity contribution in [2.24, 2.45) is 5.92 Å². The van der Waals surface area contributed by atoms with Gasteiger partial charge in [0.2, 0.25) is 10.0 Å². The van der Waals surface area contributed by atoms with Crippen LogP contribution < -0.4 is 4.72 Å². The molecule has 0 amide bonds. The first kappa shape index (κ1) is 10.9. The molecule has 1 rings (SSSR count). The number of hydrogen-bond acceptors (Lipinski definition) is 3. The van der Waals surface area contributed by atoms with Gasteiger partial charge in [-0.05, 0) is 18.8 Å². The van der Waals surface area contributed by atoms with Gasteiger partial charge in [0, 0.05) is 13.2 Å². The minimum atomic E-state index is -3.02. The second-order valence-electron chi connectivity index (χ2n) is 3.40. The zero-order valence-electron chi connectivity index (χ0n) is 7.95. The van der Waals surface area contributed by atoms with Crippen LogP contribution in [0.2, 0.25) is 0 Å². The Morgan fingerprint density at radius 2 is 2.31 bits per heavy atom. The van der Waals surface area contributed by atoms with Crippen LogP contribution in [0.1, 0.15) is 19.8 Å². The summed E-state index contributed by atoms with van der Waals surface area (Å²) in [6.07, 6.45) is 1.63. The van der Waals surface area contributed by atoms with E-state index in [2.05, 4.69) is 4.72 Å². The molecule has 78 valence electrons. The molecule has 5 heteroatoms. The lowest BCUT2D eigenvalue weighted by Crippen LogP contribution is -2.31. The summed E-state index contributed by atoms with van der Waals surface area (Å²) >= 11 is 0. The molecule has 4 nitrogen and oxygen atoms in total. The molecule has 0 spiro atoms. The maximum Gasteiger partial charge on any atom is 0.211 e. The quantitative estimate of drug-likeness (QED) is 0.708. The van der Waals surface area contributed by atoms with E-state index in [9.17, 15) is 8.42 Å². The fraction of sp³-hybridized carbons (Fsp3) is 1.00. The molecule has 0 bridgehead atoms. The molecule has 0 radical (unpaired) electrons. The van der Waals surface area contributed by atoms with Crippen molar-refractivity contribution in [3.05, 3.63) is 0 Å². The van der Waals surface area contributed by atoms with Gasteiger partial charge in [-0.1, -0.05) is 6.92 Å². The van der Waals surface area contributed by atoms with Crippen molar-refractivity contribution in [2.75, 3.05) is 25.5 Å². The summed E-state index contributed by atoms with van der Waals surface area (Å²) in [5.74, 6) is 0.590. The molecular weight excluding hydrogens is 190 g/mol. The smallest absolute Gasteiger partial charge is 0.211 e. The first-order valence-electron chi connectivity index (χ1n) is 4.69. The molecule has 1 unspecified atom stereocenters. The Kier molecular flexibility index (Phi) is 4.15. The summed E-state index contributed by atoms with van der Waals surface area (Å²) in [6.45, 7) is 3.84. The Labute approximate surface area is 79.7 Å². The Morgan fingerprint density at radius 1 is 1.54 bits per heavy atom. The van der Waals surface area contributed by atoms with E-state index in [0.29, 0.717) is 25.5 Å². The van der Waals surface area contributed by atoms with E-state index < -0.39 is 10.0 Å². The Balaban J connectivity index is 2.24. The average Bonchev–Trinajstić information content (AvgIpc) is 2.52. The third-order valence-corrected chi connectivity index (χ3v) is 3.64. The van der Waals surface area contributed by atoms with Gasteiger partial charge in [-0.3, -0.25) is 0 Å². The molecule has 0 aliphatic carbocycles. The highest BCUT2D eigenvalue weighted by atomic mass is 32.2. The lowest BCUT2D eigenvalue weighted by molar-refractivity contribution is 0.186. The minimum absolute atomic E-state index is 0.223. The maximum absolute atomic E-state index is 11.2. The second-order valence-corrected chi connectivity index (χ2v) is 5.32. The van der Waals surface area contributed by atoms with Crippen molar-refractivity contribution >= 4 is 10.0 Å². The van der Waals surface area contributed by atoms with E-state index in [1.807, 2.05) is 6.92 Å². The zero-order valence-corrected chi connectivity index (χ0v) is 8.77. The normalized spacial score (nSPS) is 23.6. The third kappa shape index (κ3) is 4.06. The summed E-state index contributed by atoms with van der Waals surface area (Å²) in [4.78, 5) is 0. The first-order valence-corrected chi connectivity index (χ1v) is 6.34. The average molecular weight is 207 g/mol. The van der Waals surface area contributed by atoms with Crippen LogP contribution in [0.25, 0.3) is 0 Å². The lowest BCUT2D eigenvalue weighted by atomic mass is 10.1. The van der Waals surface area contributed by atoms with Crippen molar-refractivity contribution in [3.8, 4) is 0 Å². The predicted octanol–water partition coefficient (Wildman–Crippen LogP) is 0.352. The van der Waals surface area contributed by atoms with Gasteiger partial charge in [0.1, 0.15) is 0 Å². The summed E-state index contributed by atoms with van der Waals surface area (Å²) in [7, 11) is -3.02. The van der Waals surface area contributed by atoms with Crippen LogP contribution >= 0.6 is 0 Å². The van der Waals surface area contributed by atoms with E-state index in [-0.39, 0.29) is 5.75 Å². The van der Waals surface area contributed by atoms with Gasteiger partial charge in [-0.25, -0.2) is 13.1 Å². The Bertz CT molecular complexity index is 232. The minimum Gasteiger partial charge on any atom is -0.381 e. The van der Waals surface area contributed by atoms with Crippen LogP contribution in [-0.2, 0) is 14.8 Å². The molecule has 0 aromatic heterocycles. The van der Waals surface area contributed by atoms with Crippen LogP contribution in [0, 0.1) is 5.92 Å². The topological polar surface area (TPSA) is 55.4 Å². The van der Waals surface area contributed by atoms with Crippen molar-refractivity contribution in [2.45, 2.75) is 19.8 Å². The van der Waals surface area contributed by atoms with Crippen molar-refractivity contribution < 1.29 is 13.2 Å². The van der Waals surface area contributed by atoms with Crippen molar-refractivity contribution in [1.82, 2.24) is 4.72 Å². The number of hydrogen-bond donors (Lipinski definition) is 1. The van der Waals surface area contributed by atoms with Gasteiger partial charge < -0.3 is 4.74 Å². The molecule has 1 heterocycles. The third-order valence-electron chi connectivity index (χ3n) is 2.09. The van der Waals surface area contributed by atoms with E-state index in [1.165, 1.54) is 0 Å². The number of nitrogens with one attached hydrogen (secondary N) is 1. The van der Waals surface area contributed by atoms with E-state index in [0.717, 1.165) is 13.0 Å².